The molecular weight excluding hydrogens is 362 g/mol. The van der Waals surface area contributed by atoms with E-state index in [1.807, 2.05) is 0 Å². The number of aromatic nitrogens is 4. The smallest absolute Gasteiger partial charge is 0.357 e. The van der Waals surface area contributed by atoms with E-state index in [0.717, 1.165) is 0 Å². The number of amides is 2. The first kappa shape index (κ1) is 15.6. The topological polar surface area (TPSA) is 162 Å². The molecule has 0 spiro atoms. The first-order valence-corrected chi connectivity index (χ1v) is 6.71. The fraction of sp³-hybridized carbons (Fsp3) is 0.200. The van der Waals surface area contributed by atoms with E-state index in [1.165, 1.54) is 10.9 Å². The summed E-state index contributed by atoms with van der Waals surface area (Å²) in [5, 5.41) is 22.7. The Balaban J connectivity index is 2.31. The summed E-state index contributed by atoms with van der Waals surface area (Å²) in [4.78, 5) is 33.4. The van der Waals surface area contributed by atoms with Crippen LogP contribution < -0.4 is 11.1 Å². The number of H-pyrrole nitrogens is 1. The van der Waals surface area contributed by atoms with Crippen LogP contribution in [0, 0.1) is 10.1 Å². The van der Waals surface area contributed by atoms with Gasteiger partial charge in [0, 0.05) is 12.7 Å². The molecular formula is C10H10BrN7O4. The van der Waals surface area contributed by atoms with Crippen molar-refractivity contribution in [2.75, 3.05) is 5.32 Å². The van der Waals surface area contributed by atoms with Crippen LogP contribution in [-0.2, 0) is 6.54 Å². The third kappa shape index (κ3) is 2.81. The van der Waals surface area contributed by atoms with Gasteiger partial charge in [0.15, 0.2) is 11.4 Å². The summed E-state index contributed by atoms with van der Waals surface area (Å²) in [7, 11) is 0. The first-order chi connectivity index (χ1) is 10.3. The van der Waals surface area contributed by atoms with Gasteiger partial charge >= 0.3 is 5.82 Å². The number of primary amides is 1. The normalized spacial score (nSPS) is 10.5. The molecule has 0 saturated heterocycles. The number of anilines is 1. The highest BCUT2D eigenvalue weighted by molar-refractivity contribution is 9.10. The van der Waals surface area contributed by atoms with E-state index >= 15 is 0 Å². The maximum atomic E-state index is 12.1. The van der Waals surface area contributed by atoms with E-state index in [4.69, 9.17) is 5.73 Å². The molecule has 2 rings (SSSR count). The lowest BCUT2D eigenvalue weighted by molar-refractivity contribution is -0.390. The predicted molar refractivity (Wildman–Crippen MR) is 77.3 cm³/mol. The van der Waals surface area contributed by atoms with Crippen molar-refractivity contribution in [1.29, 1.82) is 0 Å². The molecule has 0 saturated carbocycles. The number of nitro groups is 1. The zero-order valence-corrected chi connectivity index (χ0v) is 12.7. The number of nitrogens with two attached hydrogens (primary N) is 1. The Morgan fingerprint density at radius 1 is 1.55 bits per heavy atom. The van der Waals surface area contributed by atoms with Gasteiger partial charge < -0.3 is 21.2 Å². The molecule has 2 aromatic heterocycles. The number of aryl methyl sites for hydroxylation is 1. The van der Waals surface area contributed by atoms with Gasteiger partial charge in [-0.15, -0.1) is 5.10 Å². The van der Waals surface area contributed by atoms with Gasteiger partial charge in [-0.2, -0.15) is 5.10 Å². The third-order valence-corrected chi connectivity index (χ3v) is 3.41. The number of nitrogens with zero attached hydrogens (tertiary/aromatic N) is 4. The summed E-state index contributed by atoms with van der Waals surface area (Å²) in [6.45, 7) is 2.25. The molecule has 116 valence electrons. The van der Waals surface area contributed by atoms with Crippen molar-refractivity contribution in [3.63, 3.8) is 0 Å². The second-order valence-electron chi connectivity index (χ2n) is 4.06. The van der Waals surface area contributed by atoms with E-state index < -0.39 is 22.6 Å². The van der Waals surface area contributed by atoms with E-state index in [2.05, 4.69) is 36.5 Å². The molecule has 2 aromatic rings. The number of nitrogens with one attached hydrogen (secondary N) is 2. The highest BCUT2D eigenvalue weighted by atomic mass is 79.9. The van der Waals surface area contributed by atoms with Crippen molar-refractivity contribution in [2.45, 2.75) is 13.5 Å². The summed E-state index contributed by atoms with van der Waals surface area (Å²) in [5.41, 5.74) is 4.93. The quantitative estimate of drug-likeness (QED) is 0.515. The average Bonchev–Trinajstić information content (AvgIpc) is 3.02. The van der Waals surface area contributed by atoms with E-state index in [9.17, 15) is 19.7 Å². The van der Waals surface area contributed by atoms with Gasteiger partial charge in [-0.25, -0.2) is 0 Å². The average molecular weight is 372 g/mol. The molecule has 0 atom stereocenters. The Kier molecular flexibility index (Phi) is 4.21. The number of hydrogen-bond donors (Lipinski definition) is 3. The second-order valence-corrected chi connectivity index (χ2v) is 4.85. The third-order valence-electron chi connectivity index (χ3n) is 2.65. The fourth-order valence-corrected chi connectivity index (χ4v) is 2.13. The highest BCUT2D eigenvalue weighted by Crippen LogP contribution is 2.26. The van der Waals surface area contributed by atoms with Crippen molar-refractivity contribution in [1.82, 2.24) is 20.0 Å². The van der Waals surface area contributed by atoms with Crippen LogP contribution >= 0.6 is 15.9 Å². The maximum absolute atomic E-state index is 12.1. The number of hydrogen-bond acceptors (Lipinski definition) is 6. The number of carbonyl (C=O) groups is 2. The van der Waals surface area contributed by atoms with Gasteiger partial charge in [-0.3, -0.25) is 14.3 Å². The maximum Gasteiger partial charge on any atom is 0.357 e. The summed E-state index contributed by atoms with van der Waals surface area (Å²) in [6.07, 6.45) is 1.42. The molecule has 0 aromatic carbocycles. The van der Waals surface area contributed by atoms with Gasteiger partial charge in [-0.1, -0.05) is 5.10 Å². The molecule has 0 aliphatic carbocycles. The van der Waals surface area contributed by atoms with E-state index in [0.29, 0.717) is 6.54 Å². The highest BCUT2D eigenvalue weighted by Gasteiger charge is 2.26. The van der Waals surface area contributed by atoms with E-state index in [1.54, 1.807) is 6.92 Å². The Bertz CT molecular complexity index is 765. The Morgan fingerprint density at radius 3 is 2.73 bits per heavy atom. The lowest BCUT2D eigenvalue weighted by atomic mass is 10.3. The lowest BCUT2D eigenvalue weighted by Crippen LogP contribution is -2.18. The summed E-state index contributed by atoms with van der Waals surface area (Å²) < 4.78 is 1.32. The van der Waals surface area contributed by atoms with Crippen LogP contribution in [0.2, 0.25) is 0 Å². The SMILES string of the molecule is CCn1cc(NC(=O)c2n[nH]c([N+](=O)[O-])c2Br)c(C(N)=O)n1. The van der Waals surface area contributed by atoms with Crippen LogP contribution in [0.25, 0.3) is 0 Å². The van der Waals surface area contributed by atoms with Crippen molar-refractivity contribution in [3.05, 3.63) is 32.2 Å². The summed E-state index contributed by atoms with van der Waals surface area (Å²) in [6, 6.07) is 0. The molecule has 4 N–H and O–H groups in total. The molecule has 2 amide bonds. The van der Waals surface area contributed by atoms with Crippen molar-refractivity contribution < 1.29 is 14.5 Å². The molecule has 0 radical (unpaired) electrons. The Morgan fingerprint density at radius 2 is 2.23 bits per heavy atom. The van der Waals surface area contributed by atoms with Crippen LogP contribution in [0.15, 0.2) is 10.7 Å². The van der Waals surface area contributed by atoms with Gasteiger partial charge in [0.1, 0.15) is 4.47 Å². The zero-order valence-electron chi connectivity index (χ0n) is 11.2. The van der Waals surface area contributed by atoms with Crippen LogP contribution in [0.5, 0.6) is 0 Å². The van der Waals surface area contributed by atoms with Crippen LogP contribution in [-0.4, -0.2) is 36.7 Å². The van der Waals surface area contributed by atoms with Crippen molar-refractivity contribution >= 4 is 39.2 Å². The van der Waals surface area contributed by atoms with Gasteiger partial charge in [0.05, 0.1) is 5.69 Å². The first-order valence-electron chi connectivity index (χ1n) is 5.92. The van der Waals surface area contributed by atoms with E-state index in [-0.39, 0.29) is 21.5 Å². The van der Waals surface area contributed by atoms with Crippen LogP contribution in [0.4, 0.5) is 11.5 Å². The minimum atomic E-state index is -0.811. The molecule has 22 heavy (non-hydrogen) atoms. The molecule has 2 heterocycles. The lowest BCUT2D eigenvalue weighted by Gasteiger charge is -2.00. The molecule has 11 nitrogen and oxygen atoms in total. The summed E-state index contributed by atoms with van der Waals surface area (Å²) in [5.74, 6) is -2.02. The van der Waals surface area contributed by atoms with Gasteiger partial charge in [-0.05, 0) is 27.8 Å². The number of carbonyl (C=O) groups excluding carboxylic acids is 2. The van der Waals surface area contributed by atoms with Crippen molar-refractivity contribution in [3.8, 4) is 0 Å². The monoisotopic (exact) mass is 371 g/mol. The Labute approximate surface area is 131 Å². The van der Waals surface area contributed by atoms with Crippen LogP contribution in [0.1, 0.15) is 27.9 Å². The minimum absolute atomic E-state index is 0.0944. The molecule has 0 fully saturated rings. The molecule has 0 aliphatic heterocycles. The van der Waals surface area contributed by atoms with Gasteiger partial charge in [0.2, 0.25) is 0 Å². The van der Waals surface area contributed by atoms with Crippen molar-refractivity contribution in [2.24, 2.45) is 5.73 Å². The van der Waals surface area contributed by atoms with Crippen LogP contribution in [0.3, 0.4) is 0 Å². The predicted octanol–water partition coefficient (Wildman–Crippen LogP) is 0.648. The molecule has 0 bridgehead atoms. The number of rotatable bonds is 5. The Hall–Kier alpha value is -2.76. The molecule has 0 unspecified atom stereocenters. The number of halogens is 1. The molecule has 0 aliphatic rings. The fourth-order valence-electron chi connectivity index (χ4n) is 1.63. The largest absolute Gasteiger partial charge is 0.364 e. The standard InChI is InChI=1S/C10H10BrN7O4/c1-2-17-3-4(6(16-17)8(12)19)13-10(20)7-5(11)9(15-14-7)18(21)22/h3H,2H2,1H3,(H2,12,19)(H,13,20)(H,14,15). The zero-order chi connectivity index (χ0) is 16.4. The molecule has 12 heteroatoms. The minimum Gasteiger partial charge on any atom is -0.364 e. The number of aromatic amines is 1. The second kappa shape index (κ2) is 5.93. The van der Waals surface area contributed by atoms with Gasteiger partial charge in [0.25, 0.3) is 11.8 Å². The summed E-state index contributed by atoms with van der Waals surface area (Å²) >= 11 is 2.92.